The van der Waals surface area contributed by atoms with Crippen LogP contribution in [0.15, 0.2) is 42.5 Å². The van der Waals surface area contributed by atoms with Crippen molar-refractivity contribution in [3.63, 3.8) is 0 Å². The van der Waals surface area contributed by atoms with Crippen LogP contribution >= 0.6 is 0 Å². The van der Waals surface area contributed by atoms with Gasteiger partial charge in [-0.1, -0.05) is 39.0 Å². The molecular weight excluding hydrogens is 254 g/mol. The van der Waals surface area contributed by atoms with E-state index in [0.29, 0.717) is 5.75 Å². The summed E-state index contributed by atoms with van der Waals surface area (Å²) in [5, 5.41) is 8.91. The second-order valence-electron chi connectivity index (χ2n) is 5.55. The molecule has 0 unspecified atom stereocenters. The Morgan fingerprint density at radius 2 is 1.85 bits per heavy atom. The first-order valence-corrected chi connectivity index (χ1v) is 6.35. The van der Waals surface area contributed by atoms with Crippen molar-refractivity contribution in [2.75, 3.05) is 0 Å². The standard InChI is InChI=1S/C16H17NO3/c1-16(2,3)11-6-4-7-12(10-11)20-14-9-5-8-13(17-14)15(18)19/h4-10H,1-3H3,(H,18,19). The van der Waals surface area contributed by atoms with Crippen LogP contribution in [0.2, 0.25) is 0 Å². The first-order valence-electron chi connectivity index (χ1n) is 6.35. The maximum absolute atomic E-state index is 10.9. The van der Waals surface area contributed by atoms with Crippen molar-refractivity contribution in [1.82, 2.24) is 4.98 Å². The van der Waals surface area contributed by atoms with Gasteiger partial charge in [0.15, 0.2) is 5.69 Å². The zero-order valence-corrected chi connectivity index (χ0v) is 11.8. The Balaban J connectivity index is 2.26. The van der Waals surface area contributed by atoms with Gasteiger partial charge in [-0.25, -0.2) is 9.78 Å². The van der Waals surface area contributed by atoms with E-state index in [1.807, 2.05) is 24.3 Å². The molecule has 0 saturated heterocycles. The number of carbonyl (C=O) groups is 1. The zero-order chi connectivity index (χ0) is 14.8. The maximum Gasteiger partial charge on any atom is 0.354 e. The van der Waals surface area contributed by atoms with Gasteiger partial charge in [-0.15, -0.1) is 0 Å². The molecule has 0 amide bonds. The van der Waals surface area contributed by atoms with Gasteiger partial charge < -0.3 is 9.84 Å². The summed E-state index contributed by atoms with van der Waals surface area (Å²) in [6.07, 6.45) is 0. The minimum absolute atomic E-state index is 0.0235. The van der Waals surface area contributed by atoms with Gasteiger partial charge in [0, 0.05) is 6.07 Å². The molecule has 4 heteroatoms. The molecule has 0 bridgehead atoms. The Kier molecular flexibility index (Phi) is 3.74. The van der Waals surface area contributed by atoms with E-state index in [1.54, 1.807) is 12.1 Å². The van der Waals surface area contributed by atoms with Gasteiger partial charge in [0.2, 0.25) is 5.88 Å². The fourth-order valence-electron chi connectivity index (χ4n) is 1.74. The number of carboxylic acids is 1. The first kappa shape index (κ1) is 14.1. The van der Waals surface area contributed by atoms with Gasteiger partial charge in [0.05, 0.1) is 0 Å². The van der Waals surface area contributed by atoms with Crippen LogP contribution in [0.25, 0.3) is 0 Å². The molecule has 0 saturated carbocycles. The molecule has 0 aliphatic carbocycles. The van der Waals surface area contributed by atoms with Gasteiger partial charge >= 0.3 is 5.97 Å². The average molecular weight is 271 g/mol. The van der Waals surface area contributed by atoms with Crippen molar-refractivity contribution in [1.29, 1.82) is 0 Å². The number of carboxylic acid groups (broad SMARTS) is 1. The predicted molar refractivity (Wildman–Crippen MR) is 76.4 cm³/mol. The molecule has 0 atom stereocenters. The SMILES string of the molecule is CC(C)(C)c1cccc(Oc2cccc(C(=O)O)n2)c1. The summed E-state index contributed by atoms with van der Waals surface area (Å²) < 4.78 is 5.63. The topological polar surface area (TPSA) is 59.4 Å². The minimum Gasteiger partial charge on any atom is -0.477 e. The van der Waals surface area contributed by atoms with Crippen LogP contribution in [0.4, 0.5) is 0 Å². The van der Waals surface area contributed by atoms with Crippen LogP contribution in [-0.4, -0.2) is 16.1 Å². The highest BCUT2D eigenvalue weighted by Crippen LogP contribution is 2.27. The van der Waals surface area contributed by atoms with Crippen molar-refractivity contribution in [2.24, 2.45) is 0 Å². The largest absolute Gasteiger partial charge is 0.477 e. The van der Waals surface area contributed by atoms with E-state index < -0.39 is 5.97 Å². The van der Waals surface area contributed by atoms with Gasteiger partial charge in [0.25, 0.3) is 0 Å². The van der Waals surface area contributed by atoms with E-state index in [0.717, 1.165) is 5.56 Å². The number of nitrogens with zero attached hydrogens (tertiary/aromatic N) is 1. The predicted octanol–water partition coefficient (Wildman–Crippen LogP) is 3.87. The molecule has 1 heterocycles. The number of rotatable bonds is 3. The highest BCUT2D eigenvalue weighted by molar-refractivity contribution is 5.85. The van der Waals surface area contributed by atoms with Gasteiger partial charge in [-0.3, -0.25) is 0 Å². The van der Waals surface area contributed by atoms with Crippen molar-refractivity contribution >= 4 is 5.97 Å². The van der Waals surface area contributed by atoms with Crippen LogP contribution in [0.5, 0.6) is 11.6 Å². The second kappa shape index (κ2) is 5.33. The van der Waals surface area contributed by atoms with Crippen molar-refractivity contribution in [2.45, 2.75) is 26.2 Å². The van der Waals surface area contributed by atoms with Gasteiger partial charge in [-0.2, -0.15) is 0 Å². The summed E-state index contributed by atoms with van der Waals surface area (Å²) in [7, 11) is 0. The molecule has 0 radical (unpaired) electrons. The average Bonchev–Trinajstić information content (AvgIpc) is 2.38. The monoisotopic (exact) mass is 271 g/mol. The van der Waals surface area contributed by atoms with Crippen LogP contribution < -0.4 is 4.74 Å². The third-order valence-corrected chi connectivity index (χ3v) is 2.87. The molecule has 4 nitrogen and oxygen atoms in total. The van der Waals surface area contributed by atoms with Gasteiger partial charge in [-0.05, 0) is 29.2 Å². The molecule has 104 valence electrons. The van der Waals surface area contributed by atoms with Crippen LogP contribution in [-0.2, 0) is 5.41 Å². The number of hydrogen-bond acceptors (Lipinski definition) is 3. The highest BCUT2D eigenvalue weighted by atomic mass is 16.5. The van der Waals surface area contributed by atoms with E-state index in [1.165, 1.54) is 6.07 Å². The molecule has 1 aromatic carbocycles. The van der Waals surface area contributed by atoms with E-state index in [2.05, 4.69) is 25.8 Å². The lowest BCUT2D eigenvalue weighted by Crippen LogP contribution is -2.10. The van der Waals surface area contributed by atoms with Crippen LogP contribution in [0.1, 0.15) is 36.8 Å². The quantitative estimate of drug-likeness (QED) is 0.920. The molecular formula is C16H17NO3. The molecule has 0 aliphatic rings. The number of aromatic nitrogens is 1. The van der Waals surface area contributed by atoms with E-state index in [9.17, 15) is 4.79 Å². The molecule has 0 aliphatic heterocycles. The molecule has 0 fully saturated rings. The summed E-state index contributed by atoms with van der Waals surface area (Å²) >= 11 is 0. The Bertz CT molecular complexity index is 630. The fraction of sp³-hybridized carbons (Fsp3) is 0.250. The fourth-order valence-corrected chi connectivity index (χ4v) is 1.74. The molecule has 1 N–H and O–H groups in total. The lowest BCUT2D eigenvalue weighted by Gasteiger charge is -2.19. The minimum atomic E-state index is -1.07. The van der Waals surface area contributed by atoms with Crippen molar-refractivity contribution in [3.8, 4) is 11.6 Å². The normalized spacial score (nSPS) is 11.2. The summed E-state index contributed by atoms with van der Waals surface area (Å²) in [5.74, 6) is -0.151. The van der Waals surface area contributed by atoms with Crippen LogP contribution in [0.3, 0.4) is 0 Å². The van der Waals surface area contributed by atoms with E-state index in [-0.39, 0.29) is 17.0 Å². The molecule has 0 spiro atoms. The number of hydrogen-bond donors (Lipinski definition) is 1. The highest BCUT2D eigenvalue weighted by Gasteiger charge is 2.14. The second-order valence-corrected chi connectivity index (χ2v) is 5.55. The summed E-state index contributed by atoms with van der Waals surface area (Å²) in [5.41, 5.74) is 1.13. The van der Waals surface area contributed by atoms with Crippen LogP contribution in [0, 0.1) is 0 Å². The molecule has 2 rings (SSSR count). The lowest BCUT2D eigenvalue weighted by atomic mass is 9.87. The number of ether oxygens (including phenoxy) is 1. The zero-order valence-electron chi connectivity index (χ0n) is 11.8. The summed E-state index contributed by atoms with van der Waals surface area (Å²) in [6, 6.07) is 12.4. The lowest BCUT2D eigenvalue weighted by molar-refractivity contribution is 0.0689. The Morgan fingerprint density at radius 1 is 1.15 bits per heavy atom. The molecule has 20 heavy (non-hydrogen) atoms. The Morgan fingerprint density at radius 3 is 2.50 bits per heavy atom. The molecule has 2 aromatic rings. The Hall–Kier alpha value is -2.36. The number of pyridine rings is 1. The van der Waals surface area contributed by atoms with E-state index >= 15 is 0 Å². The van der Waals surface area contributed by atoms with Crippen molar-refractivity contribution in [3.05, 3.63) is 53.7 Å². The third-order valence-electron chi connectivity index (χ3n) is 2.87. The first-order chi connectivity index (χ1) is 9.36. The van der Waals surface area contributed by atoms with Gasteiger partial charge in [0.1, 0.15) is 5.75 Å². The number of benzene rings is 1. The summed E-state index contributed by atoms with van der Waals surface area (Å²) in [4.78, 5) is 14.8. The van der Waals surface area contributed by atoms with Crippen molar-refractivity contribution < 1.29 is 14.6 Å². The van der Waals surface area contributed by atoms with E-state index in [4.69, 9.17) is 9.84 Å². The number of aromatic carboxylic acids is 1. The maximum atomic E-state index is 10.9. The third kappa shape index (κ3) is 3.35. The Labute approximate surface area is 118 Å². The molecule has 1 aromatic heterocycles. The smallest absolute Gasteiger partial charge is 0.354 e. The summed E-state index contributed by atoms with van der Waals surface area (Å²) in [6.45, 7) is 6.36.